The number of hydrogen-bond acceptors (Lipinski definition) is 5. The fourth-order valence-electron chi connectivity index (χ4n) is 1.54. The molecule has 0 aliphatic carbocycles. The highest BCUT2D eigenvalue weighted by molar-refractivity contribution is 5.74. The molecule has 1 fully saturated rings. The van der Waals surface area contributed by atoms with Gasteiger partial charge in [0.25, 0.3) is 0 Å². The number of urea groups is 1. The van der Waals surface area contributed by atoms with Crippen LogP contribution < -0.4 is 0 Å². The number of carbonyl (C=O) groups is 2. The first-order chi connectivity index (χ1) is 8.24. The molecule has 18 heavy (non-hydrogen) atoms. The highest BCUT2D eigenvalue weighted by Gasteiger charge is 2.35. The van der Waals surface area contributed by atoms with Crippen molar-refractivity contribution in [2.24, 2.45) is 0 Å². The van der Waals surface area contributed by atoms with E-state index in [0.717, 1.165) is 0 Å². The Kier molecular flexibility index (Phi) is 4.39. The van der Waals surface area contributed by atoms with E-state index in [1.54, 1.807) is 27.7 Å². The maximum atomic E-state index is 11.6. The van der Waals surface area contributed by atoms with Crippen LogP contribution in [0.3, 0.4) is 0 Å². The van der Waals surface area contributed by atoms with Crippen molar-refractivity contribution in [1.82, 2.24) is 9.96 Å². The van der Waals surface area contributed by atoms with Crippen LogP contribution in [-0.2, 0) is 9.47 Å². The topological polar surface area (TPSA) is 79.3 Å². The molecule has 0 radical (unpaired) electrons. The Morgan fingerprint density at radius 1 is 1.50 bits per heavy atom. The summed E-state index contributed by atoms with van der Waals surface area (Å²) in [5, 5.41) is 10.0. The molecule has 1 saturated heterocycles. The first kappa shape index (κ1) is 14.6. The van der Waals surface area contributed by atoms with Crippen molar-refractivity contribution in [2.75, 3.05) is 13.1 Å². The highest BCUT2D eigenvalue weighted by atomic mass is 16.8. The molecule has 0 bridgehead atoms. The van der Waals surface area contributed by atoms with Gasteiger partial charge in [0.15, 0.2) is 0 Å². The molecule has 104 valence electrons. The maximum absolute atomic E-state index is 11.6. The van der Waals surface area contributed by atoms with Gasteiger partial charge in [0, 0.05) is 19.5 Å². The predicted octanol–water partition coefficient (Wildman–Crippen LogP) is 1.80. The number of hydrogen-bond donors (Lipinski definition) is 1. The van der Waals surface area contributed by atoms with Crippen LogP contribution in [-0.4, -0.2) is 52.3 Å². The zero-order valence-electron chi connectivity index (χ0n) is 11.2. The lowest BCUT2D eigenvalue weighted by Gasteiger charge is -2.36. The summed E-state index contributed by atoms with van der Waals surface area (Å²) < 4.78 is 9.86. The Balaban J connectivity index is 2.54. The van der Waals surface area contributed by atoms with Gasteiger partial charge >= 0.3 is 12.2 Å². The molecule has 0 saturated carbocycles. The largest absolute Gasteiger partial charge is 0.510 e. The number of rotatable bonds is 2. The summed E-state index contributed by atoms with van der Waals surface area (Å²) >= 11 is 0. The fraction of sp³-hybridized carbons (Fsp3) is 0.818. The highest BCUT2D eigenvalue weighted by Crippen LogP contribution is 2.17. The van der Waals surface area contributed by atoms with Crippen molar-refractivity contribution in [2.45, 2.75) is 45.9 Å². The first-order valence-electron chi connectivity index (χ1n) is 5.91. The normalized spacial score (nSPS) is 20.9. The van der Waals surface area contributed by atoms with Crippen LogP contribution in [0.15, 0.2) is 0 Å². The molecule has 7 heteroatoms. The second-order valence-electron chi connectivity index (χ2n) is 5.03. The summed E-state index contributed by atoms with van der Waals surface area (Å²) in [4.78, 5) is 24.5. The zero-order chi connectivity index (χ0) is 13.9. The van der Waals surface area contributed by atoms with E-state index in [0.29, 0.717) is 24.6 Å². The van der Waals surface area contributed by atoms with E-state index in [-0.39, 0.29) is 0 Å². The van der Waals surface area contributed by atoms with E-state index in [2.05, 4.69) is 0 Å². The lowest BCUT2D eigenvalue weighted by Crippen LogP contribution is -2.54. The minimum Gasteiger partial charge on any atom is -0.429 e. The second kappa shape index (κ2) is 5.43. The van der Waals surface area contributed by atoms with Crippen LogP contribution >= 0.6 is 0 Å². The fourth-order valence-corrected chi connectivity index (χ4v) is 1.54. The quantitative estimate of drug-likeness (QED) is 0.605. The van der Waals surface area contributed by atoms with Gasteiger partial charge in [-0.05, 0) is 27.7 Å². The molecule has 1 atom stereocenters. The van der Waals surface area contributed by atoms with Crippen LogP contribution in [0.1, 0.15) is 34.1 Å². The maximum Gasteiger partial charge on any atom is 0.510 e. The average Bonchev–Trinajstić information content (AvgIpc) is 2.22. The van der Waals surface area contributed by atoms with Gasteiger partial charge in [-0.3, -0.25) is 5.21 Å². The number of carbonyl (C=O) groups excluding carboxylic acids is 2. The van der Waals surface area contributed by atoms with Crippen molar-refractivity contribution in [3.63, 3.8) is 0 Å². The first-order valence-corrected chi connectivity index (χ1v) is 5.91. The van der Waals surface area contributed by atoms with Crippen LogP contribution in [0, 0.1) is 0 Å². The summed E-state index contributed by atoms with van der Waals surface area (Å²) in [6.45, 7) is 7.84. The molecular formula is C11H20N2O5. The number of hydroxylamine groups is 2. The van der Waals surface area contributed by atoms with Crippen LogP contribution in [0.2, 0.25) is 0 Å². The van der Waals surface area contributed by atoms with E-state index in [9.17, 15) is 14.8 Å². The molecule has 7 nitrogen and oxygen atoms in total. The second-order valence-corrected chi connectivity index (χ2v) is 5.03. The van der Waals surface area contributed by atoms with Crippen LogP contribution in [0.4, 0.5) is 9.59 Å². The van der Waals surface area contributed by atoms with E-state index >= 15 is 0 Å². The van der Waals surface area contributed by atoms with Crippen molar-refractivity contribution >= 4 is 12.2 Å². The van der Waals surface area contributed by atoms with Gasteiger partial charge < -0.3 is 14.4 Å². The Labute approximate surface area is 106 Å². The summed E-state index contributed by atoms with van der Waals surface area (Å²) in [6.07, 6.45) is -1.55. The Bertz CT molecular complexity index is 326. The Morgan fingerprint density at radius 3 is 2.61 bits per heavy atom. The number of nitrogens with zero attached hydrogens (tertiary/aromatic N) is 2. The van der Waals surface area contributed by atoms with Gasteiger partial charge in [-0.15, -0.1) is 0 Å². The average molecular weight is 260 g/mol. The standard InChI is InChI=1S/C11H20N2O5/c1-5-12-7-6-8(13(16)9(12)14)17-10(15)18-11(2,3)4/h8,16H,5-7H2,1-4H3. The zero-order valence-corrected chi connectivity index (χ0v) is 11.2. The molecule has 0 aromatic heterocycles. The molecule has 1 aliphatic rings. The van der Waals surface area contributed by atoms with Gasteiger partial charge in [0.05, 0.1) is 0 Å². The molecule has 1 heterocycles. The third-order valence-corrected chi connectivity index (χ3v) is 2.39. The smallest absolute Gasteiger partial charge is 0.429 e. The summed E-state index contributed by atoms with van der Waals surface area (Å²) in [7, 11) is 0. The third kappa shape index (κ3) is 3.76. The lowest BCUT2D eigenvalue weighted by molar-refractivity contribution is -0.188. The van der Waals surface area contributed by atoms with Crippen molar-refractivity contribution in [1.29, 1.82) is 0 Å². The monoisotopic (exact) mass is 260 g/mol. The molecular weight excluding hydrogens is 240 g/mol. The molecule has 1 N–H and O–H groups in total. The van der Waals surface area contributed by atoms with Crippen molar-refractivity contribution < 1.29 is 24.3 Å². The molecule has 1 unspecified atom stereocenters. The Morgan fingerprint density at radius 2 is 2.11 bits per heavy atom. The van der Waals surface area contributed by atoms with Gasteiger partial charge in [0.1, 0.15) is 5.60 Å². The minimum absolute atomic E-state index is 0.343. The molecule has 0 aromatic carbocycles. The van der Waals surface area contributed by atoms with Crippen LogP contribution in [0.5, 0.6) is 0 Å². The molecule has 2 amide bonds. The van der Waals surface area contributed by atoms with E-state index in [4.69, 9.17) is 9.47 Å². The number of amides is 2. The molecule has 0 spiro atoms. The third-order valence-electron chi connectivity index (χ3n) is 2.39. The SMILES string of the molecule is CCN1CCC(OC(=O)OC(C)(C)C)N(O)C1=O. The predicted molar refractivity (Wildman–Crippen MR) is 62.0 cm³/mol. The summed E-state index contributed by atoms with van der Waals surface area (Å²) in [5.41, 5.74) is -0.675. The Hall–Kier alpha value is -1.50. The van der Waals surface area contributed by atoms with Gasteiger partial charge in [-0.2, -0.15) is 5.06 Å². The van der Waals surface area contributed by atoms with Gasteiger partial charge in [0.2, 0.25) is 6.23 Å². The van der Waals surface area contributed by atoms with Crippen molar-refractivity contribution in [3.05, 3.63) is 0 Å². The van der Waals surface area contributed by atoms with E-state index in [1.807, 2.05) is 0 Å². The lowest BCUT2D eigenvalue weighted by atomic mass is 10.2. The van der Waals surface area contributed by atoms with E-state index in [1.165, 1.54) is 4.90 Å². The van der Waals surface area contributed by atoms with E-state index < -0.39 is 24.0 Å². The van der Waals surface area contributed by atoms with Crippen LogP contribution in [0.25, 0.3) is 0 Å². The molecule has 1 rings (SSSR count). The number of ether oxygens (including phenoxy) is 2. The summed E-state index contributed by atoms with van der Waals surface area (Å²) in [6, 6.07) is -0.572. The van der Waals surface area contributed by atoms with Gasteiger partial charge in [-0.25, -0.2) is 9.59 Å². The minimum atomic E-state index is -0.991. The molecule has 1 aliphatic heterocycles. The summed E-state index contributed by atoms with van der Waals surface area (Å²) in [5.74, 6) is 0. The van der Waals surface area contributed by atoms with Gasteiger partial charge in [-0.1, -0.05) is 0 Å². The van der Waals surface area contributed by atoms with Crippen molar-refractivity contribution in [3.8, 4) is 0 Å². The molecule has 0 aromatic rings.